The van der Waals surface area contributed by atoms with E-state index in [0.717, 1.165) is 0 Å². The van der Waals surface area contributed by atoms with Gasteiger partial charge in [0.15, 0.2) is 5.78 Å². The van der Waals surface area contributed by atoms with Crippen LogP contribution in [-0.2, 0) is 19.1 Å². The molecule has 0 N–H and O–H groups in total. The maximum Gasteiger partial charge on any atom is 0.330 e. The van der Waals surface area contributed by atoms with E-state index in [0.29, 0.717) is 22.4 Å². The zero-order chi connectivity index (χ0) is 27.5. The van der Waals surface area contributed by atoms with E-state index >= 15 is 0 Å². The fourth-order valence-electron chi connectivity index (χ4n) is 5.98. The van der Waals surface area contributed by atoms with Crippen LogP contribution in [0.25, 0.3) is 0 Å². The number of methoxy groups -OCH3 is 1. The predicted molar refractivity (Wildman–Crippen MR) is 138 cm³/mol. The first-order valence-electron chi connectivity index (χ1n) is 12.5. The number of ketones is 1. The third-order valence-electron chi connectivity index (χ3n) is 7.63. The highest BCUT2D eigenvalue weighted by Gasteiger charge is 2.75. The van der Waals surface area contributed by atoms with Crippen molar-refractivity contribution in [3.8, 4) is 5.75 Å². The highest BCUT2D eigenvalue weighted by atomic mass is 19.1. The zero-order valence-corrected chi connectivity index (χ0v) is 21.5. The van der Waals surface area contributed by atoms with Crippen LogP contribution in [0.5, 0.6) is 5.75 Å². The number of fused-ring (bicyclic) bond motifs is 4. The Bertz CT molecular complexity index is 1500. The van der Waals surface area contributed by atoms with Crippen molar-refractivity contribution in [3.63, 3.8) is 0 Å². The molecule has 2 saturated heterocycles. The second-order valence-electron chi connectivity index (χ2n) is 10.3. The van der Waals surface area contributed by atoms with Crippen LogP contribution in [0, 0.1) is 11.2 Å². The summed E-state index contributed by atoms with van der Waals surface area (Å²) in [5, 5.41) is 6.12. The monoisotopic (exact) mass is 528 g/mol. The summed E-state index contributed by atoms with van der Waals surface area (Å²) in [5.74, 6) is -4.54. The van der Waals surface area contributed by atoms with Gasteiger partial charge in [0.25, 0.3) is 5.79 Å². The van der Waals surface area contributed by atoms with Gasteiger partial charge in [0.2, 0.25) is 5.41 Å². The molecule has 198 valence electrons. The van der Waals surface area contributed by atoms with Crippen LogP contribution in [0.3, 0.4) is 0 Å². The van der Waals surface area contributed by atoms with Crippen molar-refractivity contribution >= 4 is 23.9 Å². The zero-order valence-electron chi connectivity index (χ0n) is 21.5. The molecule has 0 radical (unpaired) electrons. The summed E-state index contributed by atoms with van der Waals surface area (Å²) in [6, 6.07) is 17.1. The van der Waals surface area contributed by atoms with Crippen molar-refractivity contribution in [3.05, 3.63) is 101 Å². The predicted octanol–water partition coefficient (Wildman–Crippen LogP) is 4.40. The standard InChI is InChI=1S/C30H25FN2O6/c1-29(2)38-27(35)30(28(36)39-29)23(17-10-14-21(37-3)15-11-17)24(25(34)18-8-12-20(31)13-9-18)33-26(30)22-7-5-4-6-19(22)16-32-33/h4-16,23-24,26H,1-3H3/t23-,24+,26?/m1/s1. The number of rotatable bonds is 4. The van der Waals surface area contributed by atoms with Crippen molar-refractivity contribution in [2.45, 2.75) is 37.6 Å². The molecule has 9 heteroatoms. The highest BCUT2D eigenvalue weighted by Crippen LogP contribution is 2.63. The Morgan fingerprint density at radius 2 is 1.59 bits per heavy atom. The van der Waals surface area contributed by atoms with E-state index in [4.69, 9.17) is 14.2 Å². The van der Waals surface area contributed by atoms with Gasteiger partial charge >= 0.3 is 11.9 Å². The molecule has 8 nitrogen and oxygen atoms in total. The highest BCUT2D eigenvalue weighted by molar-refractivity contribution is 6.09. The fraction of sp³-hybridized carbons (Fsp3) is 0.267. The topological polar surface area (TPSA) is 94.5 Å². The van der Waals surface area contributed by atoms with Crippen LogP contribution in [-0.4, -0.2) is 47.9 Å². The van der Waals surface area contributed by atoms with Crippen LogP contribution in [0.2, 0.25) is 0 Å². The van der Waals surface area contributed by atoms with E-state index in [9.17, 15) is 18.8 Å². The van der Waals surface area contributed by atoms with Gasteiger partial charge in [-0.15, -0.1) is 0 Å². The molecule has 3 aliphatic rings. The maximum absolute atomic E-state index is 14.2. The van der Waals surface area contributed by atoms with Gasteiger partial charge in [-0.2, -0.15) is 5.10 Å². The van der Waals surface area contributed by atoms with Gasteiger partial charge in [-0.3, -0.25) is 19.4 Å². The number of nitrogens with zero attached hydrogens (tertiary/aromatic N) is 2. The lowest BCUT2D eigenvalue weighted by Gasteiger charge is -2.44. The molecule has 0 amide bonds. The molecule has 39 heavy (non-hydrogen) atoms. The van der Waals surface area contributed by atoms with E-state index in [2.05, 4.69) is 5.10 Å². The summed E-state index contributed by atoms with van der Waals surface area (Å²) < 4.78 is 30.6. The Morgan fingerprint density at radius 3 is 2.23 bits per heavy atom. The molecule has 0 bridgehead atoms. The average molecular weight is 529 g/mol. The summed E-state index contributed by atoms with van der Waals surface area (Å²) >= 11 is 0. The summed E-state index contributed by atoms with van der Waals surface area (Å²) in [7, 11) is 1.52. The SMILES string of the molecule is COc1ccc([C@@H]2[C@@H](C(=O)c3ccc(F)cc3)N3N=Cc4ccccc4C3C23C(=O)OC(C)(C)OC3=O)cc1. The van der Waals surface area contributed by atoms with Gasteiger partial charge in [0.1, 0.15) is 23.7 Å². The molecule has 0 aliphatic carbocycles. The minimum atomic E-state index is -1.97. The molecular formula is C30H25FN2O6. The number of Topliss-reactive ketones (excluding diaryl/α,β-unsaturated/α-hetero) is 1. The van der Waals surface area contributed by atoms with Crippen molar-refractivity contribution in [1.29, 1.82) is 0 Å². The Labute approximate surface area is 224 Å². The number of ether oxygens (including phenoxy) is 3. The summed E-state index contributed by atoms with van der Waals surface area (Å²) in [6.45, 7) is 2.97. The number of hydrazone groups is 1. The van der Waals surface area contributed by atoms with Gasteiger partial charge in [0, 0.05) is 25.3 Å². The Morgan fingerprint density at radius 1 is 0.949 bits per heavy atom. The second-order valence-corrected chi connectivity index (χ2v) is 10.3. The Kier molecular flexibility index (Phi) is 5.57. The Balaban J connectivity index is 1.64. The van der Waals surface area contributed by atoms with E-state index in [1.165, 1.54) is 50.2 Å². The molecule has 3 atom stereocenters. The van der Waals surface area contributed by atoms with Crippen LogP contribution in [0.15, 0.2) is 77.9 Å². The quantitative estimate of drug-likeness (QED) is 0.282. The van der Waals surface area contributed by atoms with E-state index < -0.39 is 52.7 Å². The first kappa shape index (κ1) is 24.8. The van der Waals surface area contributed by atoms with Gasteiger partial charge in [-0.05, 0) is 53.1 Å². The van der Waals surface area contributed by atoms with Gasteiger partial charge < -0.3 is 14.2 Å². The number of halogens is 1. The molecule has 6 rings (SSSR count). The van der Waals surface area contributed by atoms with Crippen molar-refractivity contribution in [2.75, 3.05) is 7.11 Å². The molecular weight excluding hydrogens is 503 g/mol. The van der Waals surface area contributed by atoms with E-state index in [1.54, 1.807) is 42.6 Å². The lowest BCUT2D eigenvalue weighted by atomic mass is 9.65. The molecule has 3 aromatic carbocycles. The molecule has 1 spiro atoms. The first-order chi connectivity index (χ1) is 18.7. The third-order valence-corrected chi connectivity index (χ3v) is 7.63. The van der Waals surface area contributed by atoms with Crippen LogP contribution >= 0.6 is 0 Å². The molecule has 3 aliphatic heterocycles. The minimum Gasteiger partial charge on any atom is -0.497 e. The molecule has 0 aromatic heterocycles. The third kappa shape index (κ3) is 3.64. The number of cyclic esters (lactones) is 2. The number of carbonyl (C=O) groups is 3. The summed E-state index contributed by atoms with van der Waals surface area (Å²) in [4.78, 5) is 42.6. The van der Waals surface area contributed by atoms with Crippen LogP contribution in [0.1, 0.15) is 52.9 Å². The lowest BCUT2D eigenvalue weighted by molar-refractivity contribution is -0.254. The average Bonchev–Trinajstić information content (AvgIpc) is 3.24. The van der Waals surface area contributed by atoms with E-state index in [-0.39, 0.29) is 5.56 Å². The number of carbonyl (C=O) groups excluding carboxylic acids is 3. The molecule has 3 heterocycles. The maximum atomic E-state index is 14.2. The van der Waals surface area contributed by atoms with Crippen LogP contribution in [0.4, 0.5) is 4.39 Å². The summed E-state index contributed by atoms with van der Waals surface area (Å²) in [5.41, 5.74) is 0.0914. The number of hydrogen-bond acceptors (Lipinski definition) is 8. The normalized spacial score (nSPS) is 24.0. The van der Waals surface area contributed by atoms with Crippen molar-refractivity contribution in [1.82, 2.24) is 5.01 Å². The smallest absolute Gasteiger partial charge is 0.330 e. The first-order valence-corrected chi connectivity index (χ1v) is 12.5. The second kappa shape index (κ2) is 8.76. The molecule has 2 fully saturated rings. The van der Waals surface area contributed by atoms with Crippen LogP contribution < -0.4 is 4.74 Å². The number of benzene rings is 3. The molecule has 3 aromatic rings. The Hall–Kier alpha value is -4.53. The molecule has 0 saturated carbocycles. The number of esters is 2. The van der Waals surface area contributed by atoms with Gasteiger partial charge in [-0.25, -0.2) is 4.39 Å². The van der Waals surface area contributed by atoms with Gasteiger partial charge in [0.05, 0.1) is 13.3 Å². The van der Waals surface area contributed by atoms with Gasteiger partial charge in [-0.1, -0.05) is 36.4 Å². The summed E-state index contributed by atoms with van der Waals surface area (Å²) in [6.07, 6.45) is 1.60. The lowest BCUT2D eigenvalue weighted by Crippen LogP contribution is -2.58. The minimum absolute atomic E-state index is 0.211. The number of hydrogen-bond donors (Lipinski definition) is 0. The van der Waals surface area contributed by atoms with Crippen molar-refractivity contribution in [2.24, 2.45) is 10.5 Å². The largest absolute Gasteiger partial charge is 0.497 e. The fourth-order valence-corrected chi connectivity index (χ4v) is 5.98. The van der Waals surface area contributed by atoms with Crippen molar-refractivity contribution < 1.29 is 33.0 Å². The van der Waals surface area contributed by atoms with E-state index in [1.807, 2.05) is 12.1 Å². The molecule has 1 unspecified atom stereocenters.